The number of halogens is 1. The van der Waals surface area contributed by atoms with E-state index >= 15 is 0 Å². The van der Waals surface area contributed by atoms with Gasteiger partial charge in [-0.05, 0) is 19.9 Å². The number of carbonyl (C=O) groups excluding carboxylic acids is 1. The summed E-state index contributed by atoms with van der Waals surface area (Å²) in [4.78, 5) is 14.2. The zero-order chi connectivity index (χ0) is 13.4. The zero-order valence-corrected chi connectivity index (χ0v) is 13.0. The molecule has 1 amide bonds. The minimum atomic E-state index is -3.13. The van der Waals surface area contributed by atoms with Crippen molar-refractivity contribution < 1.29 is 13.2 Å². The monoisotopic (exact) mass is 311 g/mol. The lowest BCUT2D eigenvalue weighted by atomic mass is 9.88. The molecule has 0 saturated carbocycles. The predicted molar refractivity (Wildman–Crippen MR) is 75.8 cm³/mol. The number of nitrogens with zero attached hydrogens (tertiary/aromatic N) is 2. The van der Waals surface area contributed by atoms with E-state index in [-0.39, 0.29) is 23.7 Å². The van der Waals surface area contributed by atoms with Crippen LogP contribution in [0.15, 0.2) is 0 Å². The van der Waals surface area contributed by atoms with E-state index in [2.05, 4.69) is 5.32 Å². The number of rotatable bonds is 2. The van der Waals surface area contributed by atoms with Crippen LogP contribution in [0.25, 0.3) is 0 Å². The molecule has 0 aromatic heterocycles. The lowest BCUT2D eigenvalue weighted by molar-refractivity contribution is -0.141. The highest BCUT2D eigenvalue weighted by Crippen LogP contribution is 2.27. The average Bonchev–Trinajstić information content (AvgIpc) is 2.75. The second-order valence-electron chi connectivity index (χ2n) is 5.44. The second-order valence-corrected chi connectivity index (χ2v) is 7.42. The molecule has 1 unspecified atom stereocenters. The van der Waals surface area contributed by atoms with E-state index in [1.165, 1.54) is 10.6 Å². The van der Waals surface area contributed by atoms with Gasteiger partial charge in [-0.2, -0.15) is 4.31 Å². The molecule has 0 aliphatic carbocycles. The predicted octanol–water partition coefficient (Wildman–Crippen LogP) is -0.488. The summed E-state index contributed by atoms with van der Waals surface area (Å²) in [7, 11) is -3.13. The van der Waals surface area contributed by atoms with Crippen LogP contribution in [-0.2, 0) is 14.8 Å². The van der Waals surface area contributed by atoms with E-state index in [0.29, 0.717) is 26.2 Å². The van der Waals surface area contributed by atoms with Crippen molar-refractivity contribution in [3.63, 3.8) is 0 Å². The Hall–Kier alpha value is -0.370. The minimum absolute atomic E-state index is 0. The molecule has 2 fully saturated rings. The molecule has 1 atom stereocenters. The number of nitrogens with one attached hydrogen (secondary N) is 1. The first-order valence-electron chi connectivity index (χ1n) is 6.28. The third kappa shape index (κ3) is 3.59. The maximum absolute atomic E-state index is 12.4. The lowest BCUT2D eigenvalue weighted by Gasteiger charge is -2.37. The Morgan fingerprint density at radius 1 is 1.21 bits per heavy atom. The van der Waals surface area contributed by atoms with E-state index in [1.54, 1.807) is 4.90 Å². The maximum Gasteiger partial charge on any atom is 0.229 e. The van der Waals surface area contributed by atoms with Crippen LogP contribution in [0.5, 0.6) is 0 Å². The van der Waals surface area contributed by atoms with Crippen LogP contribution in [0.2, 0.25) is 0 Å². The topological polar surface area (TPSA) is 69.7 Å². The Morgan fingerprint density at radius 3 is 2.21 bits per heavy atom. The van der Waals surface area contributed by atoms with Crippen LogP contribution in [0.3, 0.4) is 0 Å². The normalized spacial score (nSPS) is 29.1. The summed E-state index contributed by atoms with van der Waals surface area (Å²) in [6.45, 7) is 5.41. The molecule has 112 valence electrons. The molecule has 2 aliphatic rings. The van der Waals surface area contributed by atoms with Crippen LogP contribution in [-0.4, -0.2) is 69.1 Å². The fraction of sp³-hybridized carbons (Fsp3) is 0.909. The fourth-order valence-corrected chi connectivity index (χ4v) is 3.43. The van der Waals surface area contributed by atoms with Crippen molar-refractivity contribution in [2.45, 2.75) is 13.3 Å². The molecule has 0 radical (unpaired) electrons. The molecular weight excluding hydrogens is 290 g/mol. The summed E-state index contributed by atoms with van der Waals surface area (Å²) in [5, 5.41) is 3.21. The quantitative estimate of drug-likeness (QED) is 0.747. The van der Waals surface area contributed by atoms with Crippen LogP contribution in [0, 0.1) is 5.41 Å². The van der Waals surface area contributed by atoms with Gasteiger partial charge in [-0.3, -0.25) is 4.79 Å². The van der Waals surface area contributed by atoms with Crippen molar-refractivity contribution in [3.05, 3.63) is 0 Å². The highest BCUT2D eigenvalue weighted by molar-refractivity contribution is 7.88. The summed E-state index contributed by atoms with van der Waals surface area (Å²) in [5.41, 5.74) is -0.312. The van der Waals surface area contributed by atoms with Crippen molar-refractivity contribution in [2.75, 3.05) is 45.5 Å². The number of carbonyl (C=O) groups is 1. The average molecular weight is 312 g/mol. The first kappa shape index (κ1) is 16.7. The number of amides is 1. The van der Waals surface area contributed by atoms with Crippen LogP contribution >= 0.6 is 12.4 Å². The Morgan fingerprint density at radius 2 is 1.79 bits per heavy atom. The zero-order valence-electron chi connectivity index (χ0n) is 11.4. The third-order valence-electron chi connectivity index (χ3n) is 3.88. The van der Waals surface area contributed by atoms with Gasteiger partial charge in [0.2, 0.25) is 15.9 Å². The molecule has 2 heterocycles. The first-order chi connectivity index (χ1) is 8.33. The van der Waals surface area contributed by atoms with E-state index in [9.17, 15) is 13.2 Å². The van der Waals surface area contributed by atoms with E-state index < -0.39 is 10.0 Å². The van der Waals surface area contributed by atoms with Crippen LogP contribution in [0.4, 0.5) is 0 Å². The third-order valence-corrected chi connectivity index (χ3v) is 5.18. The van der Waals surface area contributed by atoms with Gasteiger partial charge in [0.1, 0.15) is 0 Å². The molecule has 0 aromatic rings. The highest BCUT2D eigenvalue weighted by atomic mass is 35.5. The van der Waals surface area contributed by atoms with Crippen molar-refractivity contribution in [3.8, 4) is 0 Å². The molecular formula is C11H22ClN3O3S. The molecule has 19 heavy (non-hydrogen) atoms. The first-order valence-corrected chi connectivity index (χ1v) is 8.13. The number of sulfonamides is 1. The summed E-state index contributed by atoms with van der Waals surface area (Å²) in [6.07, 6.45) is 2.07. The van der Waals surface area contributed by atoms with Gasteiger partial charge in [0.05, 0.1) is 11.7 Å². The molecule has 0 bridgehead atoms. The van der Waals surface area contributed by atoms with Gasteiger partial charge < -0.3 is 10.2 Å². The summed E-state index contributed by atoms with van der Waals surface area (Å²) in [6, 6.07) is 0. The Bertz CT molecular complexity index is 426. The SMILES string of the molecule is CC1(C(=O)N2CCN(S(C)(=O)=O)CC2)CCNC1.Cl. The second kappa shape index (κ2) is 5.95. The molecule has 2 aliphatic heterocycles. The fourth-order valence-electron chi connectivity index (χ4n) is 2.60. The summed E-state index contributed by atoms with van der Waals surface area (Å²) >= 11 is 0. The lowest BCUT2D eigenvalue weighted by Crippen LogP contribution is -2.54. The molecule has 0 aromatic carbocycles. The molecule has 1 N–H and O–H groups in total. The van der Waals surface area contributed by atoms with Gasteiger partial charge in [0, 0.05) is 32.7 Å². The van der Waals surface area contributed by atoms with Gasteiger partial charge in [-0.25, -0.2) is 8.42 Å². The van der Waals surface area contributed by atoms with Crippen molar-refractivity contribution >= 4 is 28.3 Å². The van der Waals surface area contributed by atoms with Gasteiger partial charge in [-0.15, -0.1) is 12.4 Å². The van der Waals surface area contributed by atoms with E-state index in [4.69, 9.17) is 0 Å². The highest BCUT2D eigenvalue weighted by Gasteiger charge is 2.40. The largest absolute Gasteiger partial charge is 0.340 e. The smallest absolute Gasteiger partial charge is 0.229 e. The standard InChI is InChI=1S/C11H21N3O3S.ClH/c1-11(3-4-12-9-11)10(15)13-5-7-14(8-6-13)18(2,16)17;/h12H,3-9H2,1-2H3;1H. The Balaban J connectivity index is 0.00000180. The Labute approximate surface area is 121 Å². The van der Waals surface area contributed by atoms with Crippen LogP contribution < -0.4 is 5.32 Å². The summed E-state index contributed by atoms with van der Waals surface area (Å²) < 4.78 is 24.2. The van der Waals surface area contributed by atoms with Crippen molar-refractivity contribution in [1.29, 1.82) is 0 Å². The number of hydrogen-bond acceptors (Lipinski definition) is 4. The molecule has 2 saturated heterocycles. The molecule has 2 rings (SSSR count). The number of piperazine rings is 1. The Kier molecular flexibility index (Phi) is 5.22. The van der Waals surface area contributed by atoms with E-state index in [0.717, 1.165) is 19.5 Å². The molecule has 0 spiro atoms. The minimum Gasteiger partial charge on any atom is -0.340 e. The van der Waals surface area contributed by atoms with Gasteiger partial charge in [0.15, 0.2) is 0 Å². The number of hydrogen-bond donors (Lipinski definition) is 1. The van der Waals surface area contributed by atoms with E-state index in [1.807, 2.05) is 6.92 Å². The van der Waals surface area contributed by atoms with Crippen molar-refractivity contribution in [2.24, 2.45) is 5.41 Å². The molecule has 8 heteroatoms. The van der Waals surface area contributed by atoms with Gasteiger partial charge in [0.25, 0.3) is 0 Å². The van der Waals surface area contributed by atoms with Gasteiger partial charge >= 0.3 is 0 Å². The summed E-state index contributed by atoms with van der Waals surface area (Å²) in [5.74, 6) is 0.153. The van der Waals surface area contributed by atoms with Crippen LogP contribution in [0.1, 0.15) is 13.3 Å². The molecule has 6 nitrogen and oxygen atoms in total. The maximum atomic E-state index is 12.4. The van der Waals surface area contributed by atoms with Gasteiger partial charge in [-0.1, -0.05) is 0 Å². The van der Waals surface area contributed by atoms with Crippen molar-refractivity contribution in [1.82, 2.24) is 14.5 Å².